The Morgan fingerprint density at radius 3 is 2.29 bits per heavy atom. The number of ether oxygens (including phenoxy) is 1. The number of hydrogen-bond acceptors (Lipinski definition) is 2. The second-order valence-electron chi connectivity index (χ2n) is 4.94. The predicted molar refractivity (Wildman–Crippen MR) is 89.9 cm³/mol. The van der Waals surface area contributed by atoms with Crippen molar-refractivity contribution in [2.24, 2.45) is 5.92 Å². The molecule has 0 aliphatic carbocycles. The summed E-state index contributed by atoms with van der Waals surface area (Å²) >= 11 is 12.1. The van der Waals surface area contributed by atoms with E-state index in [-0.39, 0.29) is 18.5 Å². The van der Waals surface area contributed by atoms with Crippen molar-refractivity contribution in [3.05, 3.63) is 64.1 Å². The lowest BCUT2D eigenvalue weighted by atomic mass is 9.91. The van der Waals surface area contributed by atoms with E-state index in [2.05, 4.69) is 5.32 Å². The van der Waals surface area contributed by atoms with Gasteiger partial charge >= 0.3 is 0 Å². The molecule has 1 saturated heterocycles. The van der Waals surface area contributed by atoms with Gasteiger partial charge in [0.05, 0.1) is 10.0 Å². The van der Waals surface area contributed by atoms with Gasteiger partial charge in [-0.1, -0.05) is 47.5 Å². The Morgan fingerprint density at radius 1 is 1.00 bits per heavy atom. The first-order valence-electron chi connectivity index (χ1n) is 6.61. The molecule has 112 valence electrons. The average Bonchev–Trinajstić information content (AvgIpc) is 2.40. The van der Waals surface area contributed by atoms with Gasteiger partial charge in [-0.15, -0.1) is 12.4 Å². The second kappa shape index (κ2) is 7.37. The largest absolute Gasteiger partial charge is 0.485 e. The first-order valence-corrected chi connectivity index (χ1v) is 7.37. The molecule has 0 saturated carbocycles. The van der Waals surface area contributed by atoms with E-state index in [1.54, 1.807) is 0 Å². The third kappa shape index (κ3) is 3.83. The van der Waals surface area contributed by atoms with Crippen molar-refractivity contribution in [3.8, 4) is 5.75 Å². The summed E-state index contributed by atoms with van der Waals surface area (Å²) in [5.41, 5.74) is 1.06. The van der Waals surface area contributed by atoms with Crippen LogP contribution in [0.15, 0.2) is 48.5 Å². The zero-order valence-electron chi connectivity index (χ0n) is 11.3. The molecule has 2 nitrogen and oxygen atoms in total. The zero-order chi connectivity index (χ0) is 13.9. The normalized spacial score (nSPS) is 15.7. The molecule has 1 fully saturated rings. The smallest absolute Gasteiger partial charge is 0.129 e. The molecular formula is C16H16Cl3NO. The number of para-hydroxylation sites is 1. The Kier molecular flexibility index (Phi) is 5.77. The Hall–Kier alpha value is -0.930. The van der Waals surface area contributed by atoms with Crippen LogP contribution in [0.3, 0.4) is 0 Å². The molecule has 0 bridgehead atoms. The van der Waals surface area contributed by atoms with Gasteiger partial charge in [0, 0.05) is 19.0 Å². The summed E-state index contributed by atoms with van der Waals surface area (Å²) in [6, 6.07) is 15.6. The maximum atomic E-state index is 6.16. The van der Waals surface area contributed by atoms with E-state index in [4.69, 9.17) is 27.9 Å². The number of rotatable bonds is 4. The molecule has 2 aromatic rings. The quantitative estimate of drug-likeness (QED) is 0.864. The molecule has 1 heterocycles. The minimum atomic E-state index is -0.00610. The van der Waals surface area contributed by atoms with Gasteiger partial charge in [0.15, 0.2) is 0 Å². The number of benzene rings is 2. The van der Waals surface area contributed by atoms with E-state index in [9.17, 15) is 0 Å². The van der Waals surface area contributed by atoms with Crippen molar-refractivity contribution in [3.63, 3.8) is 0 Å². The molecule has 1 aliphatic heterocycles. The third-order valence-electron chi connectivity index (χ3n) is 3.52. The van der Waals surface area contributed by atoms with E-state index in [1.165, 1.54) is 0 Å². The van der Waals surface area contributed by atoms with Crippen LogP contribution in [0.2, 0.25) is 10.0 Å². The van der Waals surface area contributed by atoms with Gasteiger partial charge in [-0.3, -0.25) is 0 Å². The molecule has 0 unspecified atom stereocenters. The SMILES string of the molecule is Cl.Clc1ccc([C@@H](Oc2ccccc2)C2CNC2)cc1Cl. The fourth-order valence-corrected chi connectivity index (χ4v) is 2.60. The van der Waals surface area contributed by atoms with Crippen LogP contribution in [-0.4, -0.2) is 13.1 Å². The minimum Gasteiger partial charge on any atom is -0.485 e. The topological polar surface area (TPSA) is 21.3 Å². The van der Waals surface area contributed by atoms with Crippen molar-refractivity contribution in [2.75, 3.05) is 13.1 Å². The molecule has 1 aliphatic rings. The van der Waals surface area contributed by atoms with Crippen molar-refractivity contribution in [1.29, 1.82) is 0 Å². The lowest BCUT2D eigenvalue weighted by molar-refractivity contribution is 0.0993. The second-order valence-corrected chi connectivity index (χ2v) is 5.76. The molecule has 1 N–H and O–H groups in total. The molecular weight excluding hydrogens is 329 g/mol. The van der Waals surface area contributed by atoms with Crippen molar-refractivity contribution in [2.45, 2.75) is 6.10 Å². The lowest BCUT2D eigenvalue weighted by Crippen LogP contribution is -2.46. The van der Waals surface area contributed by atoms with Gasteiger partial charge in [0.25, 0.3) is 0 Å². The first-order chi connectivity index (χ1) is 9.74. The van der Waals surface area contributed by atoms with Crippen LogP contribution in [0, 0.1) is 5.92 Å². The van der Waals surface area contributed by atoms with E-state index in [0.717, 1.165) is 24.4 Å². The highest BCUT2D eigenvalue weighted by Gasteiger charge is 2.30. The lowest BCUT2D eigenvalue weighted by Gasteiger charge is -2.35. The van der Waals surface area contributed by atoms with Gasteiger partial charge < -0.3 is 10.1 Å². The molecule has 3 rings (SSSR count). The molecule has 1 atom stereocenters. The third-order valence-corrected chi connectivity index (χ3v) is 4.26. The van der Waals surface area contributed by atoms with E-state index < -0.39 is 0 Å². The molecule has 5 heteroatoms. The van der Waals surface area contributed by atoms with Gasteiger partial charge in [-0.05, 0) is 29.8 Å². The van der Waals surface area contributed by atoms with Crippen LogP contribution in [0.1, 0.15) is 11.7 Å². The Balaban J connectivity index is 0.00000161. The highest BCUT2D eigenvalue weighted by atomic mass is 35.5. The standard InChI is InChI=1S/C16H15Cl2NO.ClH/c17-14-7-6-11(8-15(14)18)16(12-9-19-10-12)20-13-4-2-1-3-5-13;/h1-8,12,16,19H,9-10H2;1H/t16-;/m1./s1. The Labute approximate surface area is 140 Å². The maximum absolute atomic E-state index is 6.16. The average molecular weight is 345 g/mol. The molecule has 21 heavy (non-hydrogen) atoms. The summed E-state index contributed by atoms with van der Waals surface area (Å²) in [6.07, 6.45) is -0.00610. The van der Waals surface area contributed by atoms with Crippen LogP contribution in [0.4, 0.5) is 0 Å². The fourth-order valence-electron chi connectivity index (χ4n) is 2.30. The van der Waals surface area contributed by atoms with E-state index in [1.807, 2.05) is 48.5 Å². The summed E-state index contributed by atoms with van der Waals surface area (Å²) in [4.78, 5) is 0. The molecule has 0 amide bonds. The maximum Gasteiger partial charge on any atom is 0.129 e. The summed E-state index contributed by atoms with van der Waals surface area (Å²) in [6.45, 7) is 1.91. The van der Waals surface area contributed by atoms with Gasteiger partial charge in [0.2, 0.25) is 0 Å². The summed E-state index contributed by atoms with van der Waals surface area (Å²) in [5, 5.41) is 4.42. The Bertz CT molecular complexity index is 587. The molecule has 0 radical (unpaired) electrons. The van der Waals surface area contributed by atoms with Gasteiger partial charge in [0.1, 0.15) is 11.9 Å². The first kappa shape index (κ1) is 16.4. The highest BCUT2D eigenvalue weighted by Crippen LogP contribution is 2.33. The number of halogens is 3. The monoisotopic (exact) mass is 343 g/mol. The molecule has 0 aromatic heterocycles. The van der Waals surface area contributed by atoms with E-state index in [0.29, 0.717) is 16.0 Å². The minimum absolute atomic E-state index is 0. The summed E-state index contributed by atoms with van der Waals surface area (Å²) < 4.78 is 6.16. The molecule has 0 spiro atoms. The van der Waals surface area contributed by atoms with E-state index >= 15 is 0 Å². The number of nitrogens with one attached hydrogen (secondary N) is 1. The van der Waals surface area contributed by atoms with Crippen molar-refractivity contribution < 1.29 is 4.74 Å². The van der Waals surface area contributed by atoms with Crippen LogP contribution < -0.4 is 10.1 Å². The zero-order valence-corrected chi connectivity index (χ0v) is 13.6. The van der Waals surface area contributed by atoms with Crippen LogP contribution in [-0.2, 0) is 0 Å². The summed E-state index contributed by atoms with van der Waals surface area (Å²) in [5.74, 6) is 1.32. The summed E-state index contributed by atoms with van der Waals surface area (Å²) in [7, 11) is 0. The van der Waals surface area contributed by atoms with Gasteiger partial charge in [-0.25, -0.2) is 0 Å². The van der Waals surface area contributed by atoms with Crippen LogP contribution >= 0.6 is 35.6 Å². The van der Waals surface area contributed by atoms with Crippen molar-refractivity contribution in [1.82, 2.24) is 5.32 Å². The van der Waals surface area contributed by atoms with Gasteiger partial charge in [-0.2, -0.15) is 0 Å². The van der Waals surface area contributed by atoms with Crippen LogP contribution in [0.25, 0.3) is 0 Å². The number of hydrogen-bond donors (Lipinski definition) is 1. The Morgan fingerprint density at radius 2 is 1.71 bits per heavy atom. The highest BCUT2D eigenvalue weighted by molar-refractivity contribution is 6.42. The molecule has 2 aromatic carbocycles. The fraction of sp³-hybridized carbons (Fsp3) is 0.250. The predicted octanol–water partition coefficient (Wildman–Crippen LogP) is 4.75. The van der Waals surface area contributed by atoms with Crippen LogP contribution in [0.5, 0.6) is 5.75 Å². The van der Waals surface area contributed by atoms with Crippen molar-refractivity contribution >= 4 is 35.6 Å².